The van der Waals surface area contributed by atoms with Crippen LogP contribution in [0.25, 0.3) is 0 Å². The molecule has 0 radical (unpaired) electrons. The normalized spacial score (nSPS) is 16.6. The average molecular weight is 489 g/mol. The minimum absolute atomic E-state index is 0.110. The lowest BCUT2D eigenvalue weighted by Gasteiger charge is -2.35. The number of amides is 1. The van der Waals surface area contributed by atoms with Gasteiger partial charge in [0.25, 0.3) is 0 Å². The zero-order valence-corrected chi connectivity index (χ0v) is 21.3. The molecule has 1 atom stereocenters. The van der Waals surface area contributed by atoms with Gasteiger partial charge in [0.1, 0.15) is 5.75 Å². The van der Waals surface area contributed by atoms with E-state index in [1.54, 1.807) is 24.3 Å². The summed E-state index contributed by atoms with van der Waals surface area (Å²) in [7, 11) is 0.205. The van der Waals surface area contributed by atoms with Gasteiger partial charge < -0.3 is 15.0 Å². The van der Waals surface area contributed by atoms with Gasteiger partial charge in [-0.25, -0.2) is 0 Å². The fourth-order valence-corrected chi connectivity index (χ4v) is 5.83. The molecule has 34 heavy (non-hydrogen) atoms. The SMILES string of the molecule is CCOc1ccc(N(CC)S(=O)(=O)N2CCCC(C(=O)NCc3ccc(N(C)C)cc3)C2)cc1. The molecule has 0 aromatic heterocycles. The van der Waals surface area contributed by atoms with Crippen molar-refractivity contribution in [2.75, 3.05) is 49.5 Å². The number of carbonyl (C=O) groups excluding carboxylic acids is 1. The minimum Gasteiger partial charge on any atom is -0.494 e. The summed E-state index contributed by atoms with van der Waals surface area (Å²) < 4.78 is 35.2. The molecular weight excluding hydrogens is 452 g/mol. The summed E-state index contributed by atoms with van der Waals surface area (Å²) in [6.07, 6.45) is 1.32. The molecule has 0 saturated carbocycles. The number of piperidine rings is 1. The highest BCUT2D eigenvalue weighted by molar-refractivity contribution is 7.90. The van der Waals surface area contributed by atoms with Gasteiger partial charge in [-0.3, -0.25) is 9.10 Å². The van der Waals surface area contributed by atoms with Gasteiger partial charge in [0, 0.05) is 46.0 Å². The Morgan fingerprint density at radius 3 is 2.29 bits per heavy atom. The van der Waals surface area contributed by atoms with Crippen LogP contribution in [0, 0.1) is 5.92 Å². The molecule has 1 saturated heterocycles. The number of rotatable bonds is 10. The van der Waals surface area contributed by atoms with E-state index in [1.807, 2.05) is 57.1 Å². The molecule has 1 heterocycles. The maximum Gasteiger partial charge on any atom is 0.304 e. The first-order valence-electron chi connectivity index (χ1n) is 11.8. The van der Waals surface area contributed by atoms with Crippen molar-refractivity contribution in [2.45, 2.75) is 33.2 Å². The quantitative estimate of drug-likeness (QED) is 0.555. The highest BCUT2D eigenvalue weighted by Gasteiger charge is 2.35. The van der Waals surface area contributed by atoms with E-state index in [-0.39, 0.29) is 18.4 Å². The molecule has 8 nitrogen and oxygen atoms in total. The molecule has 1 aliphatic rings. The number of nitrogens with zero attached hydrogens (tertiary/aromatic N) is 3. The van der Waals surface area contributed by atoms with Crippen LogP contribution in [0.5, 0.6) is 5.75 Å². The van der Waals surface area contributed by atoms with E-state index in [0.29, 0.717) is 50.5 Å². The van der Waals surface area contributed by atoms with E-state index in [1.165, 1.54) is 8.61 Å². The summed E-state index contributed by atoms with van der Waals surface area (Å²) in [5.74, 6) is 0.218. The molecule has 2 aromatic rings. The summed E-state index contributed by atoms with van der Waals surface area (Å²) in [6, 6.07) is 15.0. The molecule has 1 fully saturated rings. The molecule has 9 heteroatoms. The fraction of sp³-hybridized carbons (Fsp3) is 0.480. The number of benzene rings is 2. The Balaban J connectivity index is 1.64. The third kappa shape index (κ3) is 6.21. The molecule has 1 N–H and O–H groups in total. The summed E-state index contributed by atoms with van der Waals surface area (Å²) in [5.41, 5.74) is 2.68. The van der Waals surface area contributed by atoms with Crippen LogP contribution >= 0.6 is 0 Å². The van der Waals surface area contributed by atoms with Crippen LogP contribution in [-0.4, -0.2) is 59.0 Å². The third-order valence-corrected chi connectivity index (χ3v) is 8.01. The van der Waals surface area contributed by atoms with Crippen LogP contribution in [0.1, 0.15) is 32.3 Å². The van der Waals surface area contributed by atoms with Crippen molar-refractivity contribution in [1.82, 2.24) is 9.62 Å². The molecular formula is C25H36N4O4S. The second-order valence-electron chi connectivity index (χ2n) is 8.58. The van der Waals surface area contributed by atoms with Crippen molar-refractivity contribution in [1.29, 1.82) is 0 Å². The van der Waals surface area contributed by atoms with Crippen LogP contribution in [-0.2, 0) is 21.5 Å². The summed E-state index contributed by atoms with van der Waals surface area (Å²) in [5, 5.41) is 2.98. The number of hydrogen-bond acceptors (Lipinski definition) is 5. The predicted octanol–water partition coefficient (Wildman–Crippen LogP) is 3.25. The first kappa shape index (κ1) is 25.8. The Morgan fingerprint density at radius 1 is 1.06 bits per heavy atom. The zero-order chi connectivity index (χ0) is 24.7. The second-order valence-corrected chi connectivity index (χ2v) is 10.4. The Hall–Kier alpha value is -2.78. The number of ether oxygens (including phenoxy) is 1. The number of carbonyl (C=O) groups is 1. The first-order valence-corrected chi connectivity index (χ1v) is 13.2. The van der Waals surface area contributed by atoms with Gasteiger partial charge in [0.15, 0.2) is 0 Å². The molecule has 2 aromatic carbocycles. The van der Waals surface area contributed by atoms with Gasteiger partial charge in [-0.05, 0) is 68.7 Å². The standard InChI is InChI=1S/C25H36N4O4S/c1-5-29(23-13-15-24(16-14-23)33-6-2)34(31,32)28-17-7-8-21(19-28)25(30)26-18-20-9-11-22(12-10-20)27(3)4/h9-16,21H,5-8,17-19H2,1-4H3,(H,26,30). The van der Waals surface area contributed by atoms with Gasteiger partial charge in [-0.15, -0.1) is 0 Å². The summed E-state index contributed by atoms with van der Waals surface area (Å²) in [4.78, 5) is 14.9. The third-order valence-electron chi connectivity index (χ3n) is 6.00. The second kappa shape index (κ2) is 11.6. The predicted molar refractivity (Wildman–Crippen MR) is 136 cm³/mol. The van der Waals surface area contributed by atoms with Crippen LogP contribution in [0.15, 0.2) is 48.5 Å². The molecule has 186 valence electrons. The van der Waals surface area contributed by atoms with E-state index >= 15 is 0 Å². The minimum atomic E-state index is -3.76. The van der Waals surface area contributed by atoms with Crippen LogP contribution in [0.2, 0.25) is 0 Å². The lowest BCUT2D eigenvalue weighted by Crippen LogP contribution is -2.50. The van der Waals surface area contributed by atoms with Gasteiger partial charge in [0.2, 0.25) is 5.91 Å². The number of hydrogen-bond donors (Lipinski definition) is 1. The van der Waals surface area contributed by atoms with Crippen LogP contribution < -0.4 is 19.3 Å². The van der Waals surface area contributed by atoms with Gasteiger partial charge in [-0.2, -0.15) is 12.7 Å². The van der Waals surface area contributed by atoms with E-state index < -0.39 is 10.2 Å². The molecule has 3 rings (SSSR count). The first-order chi connectivity index (χ1) is 16.3. The Labute approximate surface area is 203 Å². The van der Waals surface area contributed by atoms with Crippen molar-refractivity contribution in [3.63, 3.8) is 0 Å². The topological polar surface area (TPSA) is 82.2 Å². The van der Waals surface area contributed by atoms with E-state index in [2.05, 4.69) is 5.32 Å². The van der Waals surface area contributed by atoms with Crippen molar-refractivity contribution < 1.29 is 17.9 Å². The number of nitrogens with one attached hydrogen (secondary N) is 1. The Bertz CT molecular complexity index is 1040. The average Bonchev–Trinajstić information content (AvgIpc) is 2.84. The van der Waals surface area contributed by atoms with Crippen molar-refractivity contribution in [2.24, 2.45) is 5.92 Å². The van der Waals surface area contributed by atoms with Crippen LogP contribution in [0.3, 0.4) is 0 Å². The maximum absolute atomic E-state index is 13.4. The maximum atomic E-state index is 13.4. The summed E-state index contributed by atoms with van der Waals surface area (Å²) >= 11 is 0. The lowest BCUT2D eigenvalue weighted by atomic mass is 9.99. The lowest BCUT2D eigenvalue weighted by molar-refractivity contribution is -0.126. The van der Waals surface area contributed by atoms with Crippen molar-refractivity contribution in [3.05, 3.63) is 54.1 Å². The molecule has 1 aliphatic heterocycles. The molecule has 0 bridgehead atoms. The van der Waals surface area contributed by atoms with Gasteiger partial charge in [0.05, 0.1) is 18.2 Å². The molecule has 1 unspecified atom stereocenters. The highest BCUT2D eigenvalue weighted by atomic mass is 32.2. The van der Waals surface area contributed by atoms with Gasteiger partial charge in [-0.1, -0.05) is 12.1 Å². The van der Waals surface area contributed by atoms with E-state index in [0.717, 1.165) is 11.3 Å². The Kier molecular flexibility index (Phi) is 8.79. The number of anilines is 2. The van der Waals surface area contributed by atoms with E-state index in [4.69, 9.17) is 4.74 Å². The smallest absolute Gasteiger partial charge is 0.304 e. The summed E-state index contributed by atoms with van der Waals surface area (Å²) in [6.45, 7) is 5.57. The van der Waals surface area contributed by atoms with Crippen molar-refractivity contribution in [3.8, 4) is 5.75 Å². The molecule has 0 aliphatic carbocycles. The fourth-order valence-electron chi connectivity index (χ4n) is 4.11. The zero-order valence-electron chi connectivity index (χ0n) is 20.5. The Morgan fingerprint density at radius 2 is 1.71 bits per heavy atom. The molecule has 1 amide bonds. The van der Waals surface area contributed by atoms with Crippen molar-refractivity contribution >= 4 is 27.5 Å². The molecule has 0 spiro atoms. The highest BCUT2D eigenvalue weighted by Crippen LogP contribution is 2.27. The largest absolute Gasteiger partial charge is 0.494 e. The van der Waals surface area contributed by atoms with E-state index in [9.17, 15) is 13.2 Å². The van der Waals surface area contributed by atoms with Crippen LogP contribution in [0.4, 0.5) is 11.4 Å². The van der Waals surface area contributed by atoms with Gasteiger partial charge >= 0.3 is 10.2 Å². The monoisotopic (exact) mass is 488 g/mol.